The van der Waals surface area contributed by atoms with Crippen molar-refractivity contribution in [3.63, 3.8) is 0 Å². The highest BCUT2D eigenvalue weighted by Gasteiger charge is 2.32. The van der Waals surface area contributed by atoms with Gasteiger partial charge in [0.2, 0.25) is 0 Å². The summed E-state index contributed by atoms with van der Waals surface area (Å²) >= 11 is 0. The van der Waals surface area contributed by atoms with Crippen molar-refractivity contribution in [2.45, 2.75) is 20.0 Å². The Hall–Kier alpha value is -1.41. The quantitative estimate of drug-likeness (QED) is 0.320. The van der Waals surface area contributed by atoms with E-state index < -0.39 is 5.92 Å². The van der Waals surface area contributed by atoms with E-state index in [9.17, 15) is 4.79 Å². The van der Waals surface area contributed by atoms with E-state index in [0.29, 0.717) is 45.4 Å². The van der Waals surface area contributed by atoms with Gasteiger partial charge in [0.1, 0.15) is 24.4 Å². The normalized spacial score (nSPS) is 18.7. The van der Waals surface area contributed by atoms with Crippen molar-refractivity contribution in [3.8, 4) is 0 Å². The van der Waals surface area contributed by atoms with Crippen molar-refractivity contribution < 1.29 is 33.6 Å². The second-order valence-electron chi connectivity index (χ2n) is 6.00. The standard InChI is InChI=1S/C18H30O7/c1-13(2)17(18(20)21-4)16-11-15(14(3)12-25-16)24-10-9-23-8-7-22-6-5-19/h11,13,15,17,19H,3,5-10,12H2,1-2,4H3. The molecule has 2 atom stereocenters. The Morgan fingerprint density at radius 3 is 2.52 bits per heavy atom. The molecule has 1 N–H and O–H groups in total. The molecule has 0 aliphatic carbocycles. The van der Waals surface area contributed by atoms with Crippen LogP contribution in [0.2, 0.25) is 0 Å². The van der Waals surface area contributed by atoms with E-state index in [1.165, 1.54) is 7.11 Å². The number of aliphatic hydroxyl groups is 1. The third-order valence-corrected chi connectivity index (χ3v) is 3.70. The minimum Gasteiger partial charge on any atom is -0.493 e. The van der Waals surface area contributed by atoms with Crippen molar-refractivity contribution in [2.75, 3.05) is 53.4 Å². The fraction of sp³-hybridized carbons (Fsp3) is 0.722. The molecule has 25 heavy (non-hydrogen) atoms. The summed E-state index contributed by atoms with van der Waals surface area (Å²) in [6.07, 6.45) is 1.47. The van der Waals surface area contributed by atoms with Crippen LogP contribution in [0.3, 0.4) is 0 Å². The largest absolute Gasteiger partial charge is 0.493 e. The predicted octanol–water partition coefficient (Wildman–Crippen LogP) is 1.31. The van der Waals surface area contributed by atoms with Crippen LogP contribution in [0, 0.1) is 11.8 Å². The molecular formula is C18H30O7. The van der Waals surface area contributed by atoms with Crippen molar-refractivity contribution in [1.82, 2.24) is 0 Å². The summed E-state index contributed by atoms with van der Waals surface area (Å²) in [7, 11) is 1.37. The Labute approximate surface area is 149 Å². The Balaban J connectivity index is 2.46. The number of hydrogen-bond acceptors (Lipinski definition) is 7. The van der Waals surface area contributed by atoms with E-state index in [0.717, 1.165) is 5.57 Å². The van der Waals surface area contributed by atoms with Crippen molar-refractivity contribution in [2.24, 2.45) is 11.8 Å². The van der Waals surface area contributed by atoms with Gasteiger partial charge in [-0.3, -0.25) is 4.79 Å². The monoisotopic (exact) mass is 358 g/mol. The average Bonchev–Trinajstić information content (AvgIpc) is 2.59. The van der Waals surface area contributed by atoms with Crippen LogP contribution < -0.4 is 0 Å². The van der Waals surface area contributed by atoms with E-state index in [1.54, 1.807) is 6.08 Å². The lowest BCUT2D eigenvalue weighted by Crippen LogP contribution is -2.31. The van der Waals surface area contributed by atoms with Crippen LogP contribution in [0.1, 0.15) is 13.8 Å². The van der Waals surface area contributed by atoms with E-state index in [-0.39, 0.29) is 24.6 Å². The molecule has 0 spiro atoms. The number of aliphatic hydroxyl groups excluding tert-OH is 1. The van der Waals surface area contributed by atoms with Crippen LogP contribution >= 0.6 is 0 Å². The van der Waals surface area contributed by atoms with E-state index in [4.69, 9.17) is 28.8 Å². The Kier molecular flexibility index (Phi) is 10.4. The summed E-state index contributed by atoms with van der Waals surface area (Å²) in [4.78, 5) is 12.0. The lowest BCUT2D eigenvalue weighted by atomic mass is 9.91. The molecule has 0 aromatic heterocycles. The number of carbonyl (C=O) groups is 1. The zero-order valence-corrected chi connectivity index (χ0v) is 15.4. The van der Waals surface area contributed by atoms with E-state index in [2.05, 4.69) is 6.58 Å². The van der Waals surface area contributed by atoms with Gasteiger partial charge in [-0.1, -0.05) is 20.4 Å². The molecule has 7 nitrogen and oxygen atoms in total. The van der Waals surface area contributed by atoms with E-state index >= 15 is 0 Å². The van der Waals surface area contributed by atoms with Crippen LogP contribution in [0.25, 0.3) is 0 Å². The number of carbonyl (C=O) groups excluding carboxylic acids is 1. The van der Waals surface area contributed by atoms with Gasteiger partial charge in [0.25, 0.3) is 0 Å². The molecule has 0 saturated heterocycles. The Bertz CT molecular complexity index is 445. The number of methoxy groups -OCH3 is 1. The second-order valence-corrected chi connectivity index (χ2v) is 6.00. The smallest absolute Gasteiger partial charge is 0.316 e. The molecule has 0 radical (unpaired) electrons. The number of hydrogen-bond donors (Lipinski definition) is 1. The van der Waals surface area contributed by atoms with Gasteiger partial charge < -0.3 is 28.8 Å². The first-order chi connectivity index (χ1) is 12.0. The van der Waals surface area contributed by atoms with Gasteiger partial charge in [-0.2, -0.15) is 0 Å². The van der Waals surface area contributed by atoms with Crippen molar-refractivity contribution in [3.05, 3.63) is 24.0 Å². The van der Waals surface area contributed by atoms with Gasteiger partial charge in [-0.25, -0.2) is 0 Å². The van der Waals surface area contributed by atoms with E-state index in [1.807, 2.05) is 13.8 Å². The molecule has 0 aromatic rings. The molecule has 0 amide bonds. The highest BCUT2D eigenvalue weighted by Crippen LogP contribution is 2.28. The number of ether oxygens (including phenoxy) is 5. The summed E-state index contributed by atoms with van der Waals surface area (Å²) in [6.45, 7) is 10.1. The molecular weight excluding hydrogens is 328 g/mol. The highest BCUT2D eigenvalue weighted by atomic mass is 16.6. The minimum atomic E-state index is -0.455. The fourth-order valence-electron chi connectivity index (χ4n) is 2.40. The van der Waals surface area contributed by atoms with Gasteiger partial charge in [0.15, 0.2) is 0 Å². The summed E-state index contributed by atoms with van der Waals surface area (Å²) in [6, 6.07) is 0. The zero-order chi connectivity index (χ0) is 18.7. The topological polar surface area (TPSA) is 83.5 Å². The molecule has 0 saturated carbocycles. The maximum atomic E-state index is 12.0. The first-order valence-electron chi connectivity index (χ1n) is 8.49. The summed E-state index contributed by atoms with van der Waals surface area (Å²) in [5, 5.41) is 8.58. The SMILES string of the molecule is C=C1COC(C(C(=O)OC)C(C)C)=CC1OCCOCCOCCO. The molecule has 0 fully saturated rings. The van der Waals surface area contributed by atoms with Crippen LogP contribution in [-0.2, 0) is 28.5 Å². The molecule has 0 bridgehead atoms. The molecule has 1 aliphatic rings. The lowest BCUT2D eigenvalue weighted by molar-refractivity contribution is -0.147. The highest BCUT2D eigenvalue weighted by molar-refractivity contribution is 5.75. The Morgan fingerprint density at radius 1 is 1.28 bits per heavy atom. The molecule has 1 aliphatic heterocycles. The van der Waals surface area contributed by atoms with Gasteiger partial charge in [0, 0.05) is 0 Å². The zero-order valence-electron chi connectivity index (χ0n) is 15.4. The predicted molar refractivity (Wildman–Crippen MR) is 92.0 cm³/mol. The third-order valence-electron chi connectivity index (χ3n) is 3.70. The van der Waals surface area contributed by atoms with Gasteiger partial charge in [-0.15, -0.1) is 0 Å². The van der Waals surface area contributed by atoms with Gasteiger partial charge in [-0.05, 0) is 17.6 Å². The van der Waals surface area contributed by atoms with Crippen molar-refractivity contribution >= 4 is 5.97 Å². The molecule has 144 valence electrons. The molecule has 1 rings (SSSR count). The van der Waals surface area contributed by atoms with Crippen LogP contribution in [0.15, 0.2) is 24.0 Å². The fourth-order valence-corrected chi connectivity index (χ4v) is 2.40. The molecule has 2 unspecified atom stereocenters. The number of rotatable bonds is 12. The lowest BCUT2D eigenvalue weighted by Gasteiger charge is -2.29. The van der Waals surface area contributed by atoms with Crippen LogP contribution in [0.5, 0.6) is 0 Å². The maximum Gasteiger partial charge on any atom is 0.316 e. The van der Waals surface area contributed by atoms with Crippen molar-refractivity contribution in [1.29, 1.82) is 0 Å². The molecule has 0 aromatic carbocycles. The first kappa shape index (κ1) is 21.6. The average molecular weight is 358 g/mol. The summed E-state index contributed by atoms with van der Waals surface area (Å²) in [5.41, 5.74) is 0.794. The second kappa shape index (κ2) is 12.0. The summed E-state index contributed by atoms with van der Waals surface area (Å²) in [5.74, 6) is -0.159. The van der Waals surface area contributed by atoms with Crippen LogP contribution in [-0.4, -0.2) is 70.5 Å². The van der Waals surface area contributed by atoms with Crippen LogP contribution in [0.4, 0.5) is 0 Å². The van der Waals surface area contributed by atoms with Gasteiger partial charge >= 0.3 is 5.97 Å². The Morgan fingerprint density at radius 2 is 1.92 bits per heavy atom. The third kappa shape index (κ3) is 7.56. The van der Waals surface area contributed by atoms with Gasteiger partial charge in [0.05, 0.1) is 46.8 Å². The molecule has 7 heteroatoms. The maximum absolute atomic E-state index is 12.0. The summed E-state index contributed by atoms with van der Waals surface area (Å²) < 4.78 is 26.8. The first-order valence-corrected chi connectivity index (χ1v) is 8.49. The number of esters is 1. The minimum absolute atomic E-state index is 0.00653. The molecule has 1 heterocycles.